The largest absolute Gasteiger partial charge is 0.367 e. The first-order valence-electron chi connectivity index (χ1n) is 10.7. The number of aryl methyl sites for hydroxylation is 1. The van der Waals surface area contributed by atoms with E-state index in [1.165, 1.54) is 4.70 Å². The third-order valence-electron chi connectivity index (χ3n) is 5.77. The molecule has 6 heteroatoms. The SMILES string of the molecule is Cc1nc2cc(C3=CC(=O)N4C=C(N5C[C@@H](C)N[C@@H](C)C5)C=C/C4=C\C=C3)ccc2s1. The van der Waals surface area contributed by atoms with Crippen LogP contribution in [-0.2, 0) is 4.79 Å². The van der Waals surface area contributed by atoms with Gasteiger partial charge in [0.15, 0.2) is 0 Å². The highest BCUT2D eigenvalue weighted by atomic mass is 32.1. The first-order valence-corrected chi connectivity index (χ1v) is 11.5. The molecule has 5 rings (SSSR count). The number of fused-ring (bicyclic) bond motifs is 2. The molecule has 1 aromatic heterocycles. The number of thiazole rings is 1. The number of hydrogen-bond donors (Lipinski definition) is 1. The van der Waals surface area contributed by atoms with Gasteiger partial charge in [0.25, 0.3) is 5.91 Å². The summed E-state index contributed by atoms with van der Waals surface area (Å²) in [4.78, 5) is 22.0. The fourth-order valence-electron chi connectivity index (χ4n) is 4.46. The van der Waals surface area contributed by atoms with Gasteiger partial charge < -0.3 is 10.2 Å². The molecule has 0 radical (unpaired) electrons. The van der Waals surface area contributed by atoms with E-state index in [1.807, 2.05) is 37.4 Å². The molecule has 0 saturated carbocycles. The zero-order valence-electron chi connectivity index (χ0n) is 18.0. The third-order valence-corrected chi connectivity index (χ3v) is 6.73. The average molecular weight is 431 g/mol. The Morgan fingerprint density at radius 1 is 1.10 bits per heavy atom. The fraction of sp³-hybridized carbons (Fsp3) is 0.280. The number of rotatable bonds is 2. The topological polar surface area (TPSA) is 48.5 Å². The second kappa shape index (κ2) is 7.94. The summed E-state index contributed by atoms with van der Waals surface area (Å²) in [5.41, 5.74) is 4.82. The normalized spacial score (nSPS) is 25.5. The van der Waals surface area contributed by atoms with Gasteiger partial charge in [-0.25, -0.2) is 4.98 Å². The van der Waals surface area contributed by atoms with Crippen LogP contribution < -0.4 is 5.32 Å². The molecule has 3 aliphatic heterocycles. The molecule has 4 heterocycles. The van der Waals surface area contributed by atoms with Crippen molar-refractivity contribution >= 4 is 33.0 Å². The summed E-state index contributed by atoms with van der Waals surface area (Å²) in [6.45, 7) is 8.26. The number of nitrogens with zero attached hydrogens (tertiary/aromatic N) is 3. The van der Waals surface area contributed by atoms with Crippen LogP contribution in [0.25, 0.3) is 15.8 Å². The number of hydrogen-bond acceptors (Lipinski definition) is 5. The van der Waals surface area contributed by atoms with E-state index < -0.39 is 0 Å². The molecule has 1 fully saturated rings. The van der Waals surface area contributed by atoms with Crippen LogP contribution in [0.5, 0.6) is 0 Å². The summed E-state index contributed by atoms with van der Waals surface area (Å²) in [5.74, 6) is -0.0433. The van der Waals surface area contributed by atoms with E-state index in [9.17, 15) is 4.79 Å². The van der Waals surface area contributed by atoms with Crippen LogP contribution in [-0.4, -0.2) is 45.9 Å². The molecule has 0 bridgehead atoms. The summed E-state index contributed by atoms with van der Waals surface area (Å²) in [6.07, 6.45) is 13.8. The smallest absolute Gasteiger partial charge is 0.255 e. The standard InChI is InChI=1S/C25H26N4OS/c1-16-13-28(14-17(2)26-16)22-9-8-21-6-4-5-19(12-25(30)29(21)15-22)20-7-10-24-23(11-20)27-18(3)31-24/h4-12,15-17,26H,13-14H2,1-3H3/b5-4?,19-12?,21-6+/t16-,17+. The predicted octanol–water partition coefficient (Wildman–Crippen LogP) is 4.36. The number of benzene rings is 1. The van der Waals surface area contributed by atoms with Crippen molar-refractivity contribution in [3.63, 3.8) is 0 Å². The zero-order chi connectivity index (χ0) is 21.5. The molecule has 0 unspecified atom stereocenters. The van der Waals surface area contributed by atoms with Gasteiger partial charge in [-0.1, -0.05) is 18.2 Å². The maximum absolute atomic E-state index is 13.3. The first kappa shape index (κ1) is 20.0. The van der Waals surface area contributed by atoms with Crippen molar-refractivity contribution in [3.05, 3.63) is 82.8 Å². The van der Waals surface area contributed by atoms with E-state index in [4.69, 9.17) is 0 Å². The molecule has 158 valence electrons. The Hall–Kier alpha value is -2.96. The molecule has 1 amide bonds. The van der Waals surface area contributed by atoms with E-state index in [2.05, 4.69) is 53.3 Å². The van der Waals surface area contributed by atoms with Crippen molar-refractivity contribution in [2.24, 2.45) is 0 Å². The molecule has 1 saturated heterocycles. The Balaban J connectivity index is 1.47. The second-order valence-corrected chi connectivity index (χ2v) is 9.67. The fourth-order valence-corrected chi connectivity index (χ4v) is 5.26. The Morgan fingerprint density at radius 2 is 1.87 bits per heavy atom. The van der Waals surface area contributed by atoms with Crippen molar-refractivity contribution in [3.8, 4) is 0 Å². The average Bonchev–Trinajstić information content (AvgIpc) is 3.10. The number of nitrogens with one attached hydrogen (secondary N) is 1. The van der Waals surface area contributed by atoms with Crippen molar-refractivity contribution in [1.82, 2.24) is 20.1 Å². The lowest BCUT2D eigenvalue weighted by molar-refractivity contribution is -0.122. The maximum Gasteiger partial charge on any atom is 0.255 e. The van der Waals surface area contributed by atoms with Gasteiger partial charge in [0.05, 0.1) is 20.9 Å². The molecule has 2 atom stereocenters. The zero-order valence-corrected chi connectivity index (χ0v) is 18.8. The number of amides is 1. The number of carbonyl (C=O) groups is 1. The molecule has 5 nitrogen and oxygen atoms in total. The van der Waals surface area contributed by atoms with E-state index >= 15 is 0 Å². The monoisotopic (exact) mass is 430 g/mol. The van der Waals surface area contributed by atoms with Crippen LogP contribution in [0.1, 0.15) is 24.4 Å². The predicted molar refractivity (Wildman–Crippen MR) is 127 cm³/mol. The molecule has 0 spiro atoms. The van der Waals surface area contributed by atoms with Crippen LogP contribution in [0.2, 0.25) is 0 Å². The van der Waals surface area contributed by atoms with E-state index in [1.54, 1.807) is 22.3 Å². The van der Waals surface area contributed by atoms with Crippen LogP contribution in [0.15, 0.2) is 72.2 Å². The summed E-state index contributed by atoms with van der Waals surface area (Å²) in [7, 11) is 0. The van der Waals surface area contributed by atoms with Gasteiger partial charge in [-0.2, -0.15) is 0 Å². The van der Waals surface area contributed by atoms with Gasteiger partial charge in [-0.3, -0.25) is 9.69 Å². The van der Waals surface area contributed by atoms with Crippen LogP contribution in [0.4, 0.5) is 0 Å². The van der Waals surface area contributed by atoms with E-state index in [-0.39, 0.29) is 5.91 Å². The van der Waals surface area contributed by atoms with Gasteiger partial charge in [-0.15, -0.1) is 11.3 Å². The number of piperazine rings is 1. The van der Waals surface area contributed by atoms with Crippen LogP contribution >= 0.6 is 11.3 Å². The van der Waals surface area contributed by atoms with Crippen molar-refractivity contribution < 1.29 is 4.79 Å². The minimum absolute atomic E-state index is 0.0433. The van der Waals surface area contributed by atoms with Crippen LogP contribution in [0, 0.1) is 6.92 Å². The van der Waals surface area contributed by atoms with E-state index in [0.717, 1.165) is 46.1 Å². The Kier molecular flexibility index (Phi) is 5.12. The Bertz CT molecular complexity index is 1190. The van der Waals surface area contributed by atoms with Crippen molar-refractivity contribution in [2.45, 2.75) is 32.9 Å². The molecular formula is C25H26N4OS. The lowest BCUT2D eigenvalue weighted by Gasteiger charge is -2.39. The minimum Gasteiger partial charge on any atom is -0.367 e. The molecule has 0 aliphatic carbocycles. The van der Waals surface area contributed by atoms with E-state index in [0.29, 0.717) is 12.1 Å². The van der Waals surface area contributed by atoms with Gasteiger partial charge in [0, 0.05) is 43.1 Å². The highest BCUT2D eigenvalue weighted by Crippen LogP contribution is 2.29. The second-order valence-electron chi connectivity index (χ2n) is 8.43. The van der Waals surface area contributed by atoms with Crippen molar-refractivity contribution in [1.29, 1.82) is 0 Å². The molecule has 1 aromatic carbocycles. The highest BCUT2D eigenvalue weighted by Gasteiger charge is 2.25. The summed E-state index contributed by atoms with van der Waals surface area (Å²) in [5, 5.41) is 4.61. The lowest BCUT2D eigenvalue weighted by Crippen LogP contribution is -2.53. The van der Waals surface area contributed by atoms with Crippen molar-refractivity contribution in [2.75, 3.05) is 13.1 Å². The van der Waals surface area contributed by atoms with Crippen LogP contribution in [0.3, 0.4) is 0 Å². The maximum atomic E-state index is 13.3. The minimum atomic E-state index is -0.0433. The Morgan fingerprint density at radius 3 is 2.68 bits per heavy atom. The molecule has 2 aromatic rings. The highest BCUT2D eigenvalue weighted by molar-refractivity contribution is 7.18. The van der Waals surface area contributed by atoms with Gasteiger partial charge >= 0.3 is 0 Å². The number of aromatic nitrogens is 1. The number of carbonyl (C=O) groups excluding carboxylic acids is 1. The first-order chi connectivity index (χ1) is 15.0. The Labute approximate surface area is 186 Å². The third kappa shape index (κ3) is 4.01. The quantitative estimate of drug-likeness (QED) is 0.769. The molecule has 1 N–H and O–H groups in total. The summed E-state index contributed by atoms with van der Waals surface area (Å²) < 4.78 is 1.17. The molecule has 31 heavy (non-hydrogen) atoms. The van der Waals surface area contributed by atoms with Gasteiger partial charge in [0.1, 0.15) is 0 Å². The molecule has 3 aliphatic rings. The summed E-state index contributed by atoms with van der Waals surface area (Å²) in [6, 6.07) is 7.04. The lowest BCUT2D eigenvalue weighted by atomic mass is 10.0. The molecular weight excluding hydrogens is 404 g/mol. The number of allylic oxidation sites excluding steroid dienone is 6. The van der Waals surface area contributed by atoms with Gasteiger partial charge in [0.2, 0.25) is 0 Å². The summed E-state index contributed by atoms with van der Waals surface area (Å²) >= 11 is 1.69. The van der Waals surface area contributed by atoms with Gasteiger partial charge in [-0.05, 0) is 62.3 Å².